The second-order valence-corrected chi connectivity index (χ2v) is 3.73. The molecule has 0 aliphatic rings. The average molecular weight is 224 g/mol. The number of thiocarbonyl (C=S) groups is 1. The summed E-state index contributed by atoms with van der Waals surface area (Å²) in [4.78, 5) is 0. The lowest BCUT2D eigenvalue weighted by molar-refractivity contribution is 0.179. The number of rotatable bonds is 4. The Balaban J connectivity index is 2.36. The Morgan fingerprint density at radius 1 is 1.40 bits per heavy atom. The zero-order valence-corrected chi connectivity index (χ0v) is 9.80. The van der Waals surface area contributed by atoms with E-state index in [0.717, 1.165) is 5.69 Å². The number of ether oxygens (including phenoxy) is 1. The van der Waals surface area contributed by atoms with Gasteiger partial charge in [0.1, 0.15) is 0 Å². The fraction of sp³-hybridized carbons (Fsp3) is 0.364. The topological polar surface area (TPSA) is 33.3 Å². The van der Waals surface area contributed by atoms with E-state index in [9.17, 15) is 0 Å². The highest BCUT2D eigenvalue weighted by atomic mass is 32.1. The molecule has 82 valence electrons. The van der Waals surface area contributed by atoms with Crippen LogP contribution in [0.1, 0.15) is 6.92 Å². The summed E-state index contributed by atoms with van der Waals surface area (Å²) in [6.45, 7) is 2.65. The molecule has 15 heavy (non-hydrogen) atoms. The summed E-state index contributed by atoms with van der Waals surface area (Å²) in [6, 6.07) is 10.0. The standard InChI is InChI=1S/C11H16N2OS/c1-9(8-14-2)12-11(15)13-10-6-4-3-5-7-10/h3-7,9H,8H2,1-2H3,(H2,12,13,15)/t9-/m1/s1. The molecule has 0 saturated carbocycles. The van der Waals surface area contributed by atoms with Crippen LogP contribution in [0.4, 0.5) is 5.69 Å². The molecule has 0 radical (unpaired) electrons. The fourth-order valence-corrected chi connectivity index (χ4v) is 1.52. The van der Waals surface area contributed by atoms with Gasteiger partial charge in [0.2, 0.25) is 0 Å². The molecule has 0 fully saturated rings. The molecule has 2 N–H and O–H groups in total. The molecule has 0 aliphatic carbocycles. The molecule has 0 heterocycles. The molecular formula is C11H16N2OS. The second-order valence-electron chi connectivity index (χ2n) is 3.32. The van der Waals surface area contributed by atoms with Crippen molar-refractivity contribution in [2.75, 3.05) is 19.0 Å². The Labute approximate surface area is 95.8 Å². The third kappa shape index (κ3) is 4.76. The van der Waals surface area contributed by atoms with Crippen LogP contribution in [0.2, 0.25) is 0 Å². The van der Waals surface area contributed by atoms with Crippen molar-refractivity contribution >= 4 is 23.0 Å². The van der Waals surface area contributed by atoms with Crippen LogP contribution in [0.5, 0.6) is 0 Å². The molecule has 0 spiro atoms. The molecule has 0 aliphatic heterocycles. The Kier molecular flexibility index (Phi) is 5.07. The van der Waals surface area contributed by atoms with E-state index in [1.807, 2.05) is 37.3 Å². The van der Waals surface area contributed by atoms with Crippen LogP contribution in [-0.4, -0.2) is 24.9 Å². The largest absolute Gasteiger partial charge is 0.383 e. The third-order valence-corrected chi connectivity index (χ3v) is 2.05. The predicted octanol–water partition coefficient (Wildman–Crippen LogP) is 2.01. The molecule has 0 amide bonds. The first-order chi connectivity index (χ1) is 7.22. The van der Waals surface area contributed by atoms with Crippen molar-refractivity contribution < 1.29 is 4.74 Å². The van der Waals surface area contributed by atoms with Crippen LogP contribution in [0, 0.1) is 0 Å². The van der Waals surface area contributed by atoms with Gasteiger partial charge < -0.3 is 15.4 Å². The minimum absolute atomic E-state index is 0.207. The van der Waals surface area contributed by atoms with Gasteiger partial charge in [0.15, 0.2) is 5.11 Å². The smallest absolute Gasteiger partial charge is 0.171 e. The van der Waals surface area contributed by atoms with Crippen LogP contribution in [-0.2, 0) is 4.74 Å². The summed E-state index contributed by atoms with van der Waals surface area (Å²) in [5.74, 6) is 0. The molecule has 1 atom stereocenters. The Morgan fingerprint density at radius 2 is 2.07 bits per heavy atom. The summed E-state index contributed by atoms with van der Waals surface area (Å²) >= 11 is 5.15. The van der Waals surface area contributed by atoms with Crippen molar-refractivity contribution in [2.45, 2.75) is 13.0 Å². The zero-order valence-electron chi connectivity index (χ0n) is 8.99. The maximum absolute atomic E-state index is 5.15. The van der Waals surface area contributed by atoms with Gasteiger partial charge in [-0.25, -0.2) is 0 Å². The van der Waals surface area contributed by atoms with E-state index in [-0.39, 0.29) is 6.04 Å². The van der Waals surface area contributed by atoms with Gasteiger partial charge in [0, 0.05) is 18.8 Å². The Bertz CT molecular complexity index is 303. The Morgan fingerprint density at radius 3 is 2.67 bits per heavy atom. The average Bonchev–Trinajstić information content (AvgIpc) is 2.19. The van der Waals surface area contributed by atoms with Crippen LogP contribution in [0.15, 0.2) is 30.3 Å². The molecule has 0 saturated heterocycles. The highest BCUT2D eigenvalue weighted by molar-refractivity contribution is 7.80. The van der Waals surface area contributed by atoms with E-state index in [1.165, 1.54) is 0 Å². The van der Waals surface area contributed by atoms with E-state index in [4.69, 9.17) is 17.0 Å². The number of nitrogens with one attached hydrogen (secondary N) is 2. The molecule has 1 aromatic carbocycles. The first-order valence-electron chi connectivity index (χ1n) is 4.84. The van der Waals surface area contributed by atoms with E-state index in [0.29, 0.717) is 11.7 Å². The van der Waals surface area contributed by atoms with Crippen molar-refractivity contribution in [2.24, 2.45) is 0 Å². The first-order valence-corrected chi connectivity index (χ1v) is 5.24. The second kappa shape index (κ2) is 6.37. The van der Waals surface area contributed by atoms with Crippen molar-refractivity contribution in [3.63, 3.8) is 0 Å². The van der Waals surface area contributed by atoms with Crippen LogP contribution < -0.4 is 10.6 Å². The van der Waals surface area contributed by atoms with Crippen LogP contribution in [0.25, 0.3) is 0 Å². The highest BCUT2D eigenvalue weighted by Gasteiger charge is 2.02. The third-order valence-electron chi connectivity index (χ3n) is 1.83. The molecular weight excluding hydrogens is 208 g/mol. The van der Waals surface area contributed by atoms with Gasteiger partial charge in [-0.2, -0.15) is 0 Å². The summed E-state index contributed by atoms with van der Waals surface area (Å²) in [5, 5.41) is 6.84. The summed E-state index contributed by atoms with van der Waals surface area (Å²) in [7, 11) is 1.67. The van der Waals surface area contributed by atoms with Crippen LogP contribution >= 0.6 is 12.2 Å². The molecule has 1 rings (SSSR count). The maximum atomic E-state index is 5.15. The fourth-order valence-electron chi connectivity index (χ4n) is 1.20. The summed E-state index contributed by atoms with van der Waals surface area (Å²) < 4.78 is 5.00. The number of hydrogen-bond donors (Lipinski definition) is 2. The van der Waals surface area contributed by atoms with Gasteiger partial charge in [0.05, 0.1) is 6.61 Å². The van der Waals surface area contributed by atoms with Crippen LogP contribution in [0.3, 0.4) is 0 Å². The van der Waals surface area contributed by atoms with Crippen molar-refractivity contribution in [1.29, 1.82) is 0 Å². The number of benzene rings is 1. The lowest BCUT2D eigenvalue weighted by atomic mass is 10.3. The van der Waals surface area contributed by atoms with Crippen molar-refractivity contribution in [1.82, 2.24) is 5.32 Å². The van der Waals surface area contributed by atoms with Gasteiger partial charge in [-0.15, -0.1) is 0 Å². The minimum Gasteiger partial charge on any atom is -0.383 e. The predicted molar refractivity (Wildman–Crippen MR) is 67.1 cm³/mol. The molecule has 0 bridgehead atoms. The highest BCUT2D eigenvalue weighted by Crippen LogP contribution is 2.04. The summed E-state index contributed by atoms with van der Waals surface area (Å²) in [6.07, 6.45) is 0. The molecule has 0 aromatic heterocycles. The lowest BCUT2D eigenvalue weighted by Gasteiger charge is -2.15. The SMILES string of the molecule is COC[C@@H](C)NC(=S)Nc1ccccc1. The van der Waals surface area contributed by atoms with E-state index in [1.54, 1.807) is 7.11 Å². The van der Waals surface area contributed by atoms with Gasteiger partial charge in [0.25, 0.3) is 0 Å². The molecule has 1 aromatic rings. The molecule has 4 heteroatoms. The quantitative estimate of drug-likeness (QED) is 0.767. The molecule has 3 nitrogen and oxygen atoms in total. The lowest BCUT2D eigenvalue weighted by Crippen LogP contribution is -2.38. The van der Waals surface area contributed by atoms with E-state index < -0.39 is 0 Å². The zero-order chi connectivity index (χ0) is 11.1. The van der Waals surface area contributed by atoms with Gasteiger partial charge in [-0.05, 0) is 31.3 Å². The number of hydrogen-bond acceptors (Lipinski definition) is 2. The number of methoxy groups -OCH3 is 1. The van der Waals surface area contributed by atoms with E-state index in [2.05, 4.69) is 10.6 Å². The van der Waals surface area contributed by atoms with Gasteiger partial charge in [-0.1, -0.05) is 18.2 Å². The minimum atomic E-state index is 0.207. The molecule has 0 unspecified atom stereocenters. The van der Waals surface area contributed by atoms with Gasteiger partial charge >= 0.3 is 0 Å². The number of anilines is 1. The van der Waals surface area contributed by atoms with Gasteiger partial charge in [-0.3, -0.25) is 0 Å². The maximum Gasteiger partial charge on any atom is 0.171 e. The van der Waals surface area contributed by atoms with Crippen molar-refractivity contribution in [3.05, 3.63) is 30.3 Å². The Hall–Kier alpha value is -1.13. The summed E-state index contributed by atoms with van der Waals surface area (Å²) in [5.41, 5.74) is 0.986. The monoisotopic (exact) mass is 224 g/mol. The normalized spacial score (nSPS) is 11.9. The first kappa shape index (κ1) is 11.9. The van der Waals surface area contributed by atoms with E-state index >= 15 is 0 Å². The number of para-hydroxylation sites is 1. The van der Waals surface area contributed by atoms with Crippen molar-refractivity contribution in [3.8, 4) is 0 Å².